The summed E-state index contributed by atoms with van der Waals surface area (Å²) >= 11 is 11.8. The molecule has 0 aliphatic carbocycles. The van der Waals surface area contributed by atoms with Crippen LogP contribution in [0.2, 0.25) is 5.02 Å². The highest BCUT2D eigenvalue weighted by Gasteiger charge is 2.18. The second-order valence-corrected chi connectivity index (χ2v) is 5.99. The van der Waals surface area contributed by atoms with E-state index in [0.717, 1.165) is 11.4 Å². The van der Waals surface area contributed by atoms with E-state index in [1.165, 1.54) is 11.7 Å². The number of nitrogens with zero attached hydrogens (tertiary/aromatic N) is 2. The van der Waals surface area contributed by atoms with Crippen LogP contribution in [0.3, 0.4) is 0 Å². The molecule has 0 radical (unpaired) electrons. The SMILES string of the molecule is COc1ccccc1C(=O)n1cc(C)n(-c2ccccc2Cl)c1=S. The van der Waals surface area contributed by atoms with E-state index >= 15 is 0 Å². The molecule has 2 aromatic carbocycles. The van der Waals surface area contributed by atoms with Crippen LogP contribution in [-0.2, 0) is 0 Å². The summed E-state index contributed by atoms with van der Waals surface area (Å²) in [5, 5.41) is 0.569. The van der Waals surface area contributed by atoms with Crippen LogP contribution < -0.4 is 4.74 Å². The summed E-state index contributed by atoms with van der Waals surface area (Å²) in [6.07, 6.45) is 1.71. The Morgan fingerprint density at radius 1 is 1.12 bits per heavy atom. The number of para-hydroxylation sites is 2. The zero-order chi connectivity index (χ0) is 17.3. The van der Waals surface area contributed by atoms with Crippen molar-refractivity contribution in [3.63, 3.8) is 0 Å². The molecule has 0 N–H and O–H groups in total. The summed E-state index contributed by atoms with van der Waals surface area (Å²) < 4.78 is 8.85. The highest BCUT2D eigenvalue weighted by Crippen LogP contribution is 2.24. The summed E-state index contributed by atoms with van der Waals surface area (Å²) in [6, 6.07) is 14.4. The first-order valence-corrected chi connectivity index (χ1v) is 8.07. The zero-order valence-electron chi connectivity index (χ0n) is 13.2. The van der Waals surface area contributed by atoms with E-state index in [9.17, 15) is 4.79 Å². The molecule has 0 spiro atoms. The molecule has 1 aromatic heterocycles. The predicted molar refractivity (Wildman–Crippen MR) is 97.1 cm³/mol. The number of hydrogen-bond donors (Lipinski definition) is 0. The number of aryl methyl sites for hydroxylation is 1. The zero-order valence-corrected chi connectivity index (χ0v) is 14.8. The summed E-state index contributed by atoms with van der Waals surface area (Å²) in [7, 11) is 1.53. The molecule has 0 unspecified atom stereocenters. The van der Waals surface area contributed by atoms with Crippen molar-refractivity contribution < 1.29 is 9.53 Å². The van der Waals surface area contributed by atoms with Crippen molar-refractivity contribution in [2.24, 2.45) is 0 Å². The molecule has 3 rings (SSSR count). The Kier molecular flexibility index (Phi) is 4.55. The lowest BCUT2D eigenvalue weighted by molar-refractivity contribution is 0.0955. The third-order valence-electron chi connectivity index (χ3n) is 3.72. The van der Waals surface area contributed by atoms with Crippen LogP contribution in [0.15, 0.2) is 54.7 Å². The molecule has 0 aliphatic rings. The van der Waals surface area contributed by atoms with Crippen LogP contribution in [0.1, 0.15) is 16.1 Å². The number of hydrogen-bond acceptors (Lipinski definition) is 3. The molecule has 24 heavy (non-hydrogen) atoms. The van der Waals surface area contributed by atoms with Crippen molar-refractivity contribution in [2.45, 2.75) is 6.92 Å². The van der Waals surface area contributed by atoms with Crippen molar-refractivity contribution in [1.29, 1.82) is 0 Å². The van der Waals surface area contributed by atoms with Gasteiger partial charge in [-0.25, -0.2) is 0 Å². The lowest BCUT2D eigenvalue weighted by Crippen LogP contribution is -2.13. The third kappa shape index (κ3) is 2.77. The van der Waals surface area contributed by atoms with Crippen molar-refractivity contribution in [2.75, 3.05) is 7.11 Å². The number of benzene rings is 2. The van der Waals surface area contributed by atoms with E-state index in [-0.39, 0.29) is 5.91 Å². The maximum atomic E-state index is 12.9. The summed E-state index contributed by atoms with van der Waals surface area (Å²) in [5.74, 6) is 0.263. The maximum absolute atomic E-state index is 12.9. The van der Waals surface area contributed by atoms with E-state index in [2.05, 4.69) is 0 Å². The first-order valence-electron chi connectivity index (χ1n) is 7.28. The number of imidazole rings is 1. The molecule has 0 bridgehead atoms. The first-order chi connectivity index (χ1) is 11.5. The van der Waals surface area contributed by atoms with E-state index in [1.54, 1.807) is 35.0 Å². The van der Waals surface area contributed by atoms with Gasteiger partial charge in [0.2, 0.25) is 0 Å². The number of aromatic nitrogens is 2. The average Bonchev–Trinajstić information content (AvgIpc) is 2.89. The predicted octanol–water partition coefficient (Wildman–Crippen LogP) is 4.67. The van der Waals surface area contributed by atoms with Crippen LogP contribution >= 0.6 is 23.8 Å². The topological polar surface area (TPSA) is 36.2 Å². The van der Waals surface area contributed by atoms with Gasteiger partial charge in [-0.2, -0.15) is 0 Å². The van der Waals surface area contributed by atoms with Gasteiger partial charge in [0.1, 0.15) is 5.75 Å². The standard InChI is InChI=1S/C18H15ClN2O2S/c1-12-11-20(17(22)13-7-3-6-10-16(13)23-2)18(24)21(12)15-9-5-4-8-14(15)19/h3-11H,1-2H3. The Morgan fingerprint density at radius 3 is 2.50 bits per heavy atom. The van der Waals surface area contributed by atoms with Gasteiger partial charge in [-0.15, -0.1) is 0 Å². The Hall–Kier alpha value is -2.37. The van der Waals surface area contributed by atoms with Crippen molar-refractivity contribution in [3.05, 3.63) is 75.8 Å². The molecular formula is C18H15ClN2O2S. The van der Waals surface area contributed by atoms with Gasteiger partial charge in [0.25, 0.3) is 5.91 Å². The van der Waals surface area contributed by atoms with Gasteiger partial charge < -0.3 is 4.74 Å². The van der Waals surface area contributed by atoms with E-state index in [4.69, 9.17) is 28.6 Å². The Balaban J connectivity index is 2.15. The van der Waals surface area contributed by atoms with E-state index in [1.807, 2.05) is 31.2 Å². The molecule has 6 heteroatoms. The van der Waals surface area contributed by atoms with E-state index < -0.39 is 0 Å². The van der Waals surface area contributed by atoms with Crippen LogP contribution in [0.4, 0.5) is 0 Å². The van der Waals surface area contributed by atoms with Gasteiger partial charge in [0, 0.05) is 11.9 Å². The smallest absolute Gasteiger partial charge is 0.267 e. The normalized spacial score (nSPS) is 10.6. The second kappa shape index (κ2) is 6.63. The minimum Gasteiger partial charge on any atom is -0.496 e. The molecule has 0 saturated heterocycles. The van der Waals surface area contributed by atoms with Crippen LogP contribution in [0, 0.1) is 11.7 Å². The molecular weight excluding hydrogens is 344 g/mol. The minimum atomic E-state index is -0.244. The lowest BCUT2D eigenvalue weighted by Gasteiger charge is -2.09. The van der Waals surface area contributed by atoms with Gasteiger partial charge in [-0.1, -0.05) is 35.9 Å². The fraction of sp³-hybridized carbons (Fsp3) is 0.111. The van der Waals surface area contributed by atoms with Crippen LogP contribution in [0.25, 0.3) is 5.69 Å². The lowest BCUT2D eigenvalue weighted by atomic mass is 10.2. The maximum Gasteiger partial charge on any atom is 0.267 e. The molecule has 0 fully saturated rings. The number of rotatable bonds is 3. The van der Waals surface area contributed by atoms with Gasteiger partial charge in [0.05, 0.1) is 23.4 Å². The largest absolute Gasteiger partial charge is 0.496 e. The van der Waals surface area contributed by atoms with Gasteiger partial charge in [-0.05, 0) is 43.4 Å². The molecule has 1 heterocycles. The minimum absolute atomic E-state index is 0.244. The van der Waals surface area contributed by atoms with Gasteiger partial charge >= 0.3 is 0 Å². The molecule has 0 saturated carbocycles. The summed E-state index contributed by atoms with van der Waals surface area (Å²) in [4.78, 5) is 12.9. The average molecular weight is 359 g/mol. The Bertz CT molecular complexity index is 975. The molecule has 4 nitrogen and oxygen atoms in total. The molecule has 122 valence electrons. The quantitative estimate of drug-likeness (QED) is 0.638. The summed E-state index contributed by atoms with van der Waals surface area (Å²) in [5.41, 5.74) is 2.01. The number of carbonyl (C=O) groups is 1. The van der Waals surface area contributed by atoms with Crippen molar-refractivity contribution >= 4 is 29.7 Å². The molecule has 3 aromatic rings. The second-order valence-electron chi connectivity index (χ2n) is 5.22. The number of carbonyl (C=O) groups excluding carboxylic acids is 1. The first kappa shape index (κ1) is 16.5. The van der Waals surface area contributed by atoms with Gasteiger partial charge in [-0.3, -0.25) is 13.9 Å². The number of methoxy groups -OCH3 is 1. The highest BCUT2D eigenvalue weighted by atomic mass is 35.5. The van der Waals surface area contributed by atoms with E-state index in [0.29, 0.717) is 21.1 Å². The number of ether oxygens (including phenoxy) is 1. The van der Waals surface area contributed by atoms with Crippen LogP contribution in [0.5, 0.6) is 5.75 Å². The molecule has 0 atom stereocenters. The van der Waals surface area contributed by atoms with Crippen molar-refractivity contribution in [1.82, 2.24) is 9.13 Å². The molecule has 0 aliphatic heterocycles. The van der Waals surface area contributed by atoms with Crippen LogP contribution in [-0.4, -0.2) is 22.2 Å². The van der Waals surface area contributed by atoms with Crippen molar-refractivity contribution in [3.8, 4) is 11.4 Å². The van der Waals surface area contributed by atoms with Gasteiger partial charge in [0.15, 0.2) is 4.77 Å². The fourth-order valence-electron chi connectivity index (χ4n) is 2.58. The summed E-state index contributed by atoms with van der Waals surface area (Å²) in [6.45, 7) is 1.88. The third-order valence-corrected chi connectivity index (χ3v) is 4.41. The molecule has 0 amide bonds. The monoisotopic (exact) mass is 358 g/mol. The highest BCUT2D eigenvalue weighted by molar-refractivity contribution is 7.71. The number of halogens is 1. The fourth-order valence-corrected chi connectivity index (χ4v) is 3.18. The Morgan fingerprint density at radius 2 is 1.79 bits per heavy atom. The Labute approximate surface area is 149 Å².